The van der Waals surface area contributed by atoms with E-state index in [1.54, 1.807) is 0 Å². The first-order valence-electron chi connectivity index (χ1n) is 10.7. The lowest BCUT2D eigenvalue weighted by atomic mass is 9.88. The lowest BCUT2D eigenvalue weighted by Gasteiger charge is -2.23. The third-order valence-corrected chi connectivity index (χ3v) is 4.79. The number of nitrogens with zero attached hydrogens (tertiary/aromatic N) is 1. The summed E-state index contributed by atoms with van der Waals surface area (Å²) in [7, 11) is 0. The van der Waals surface area contributed by atoms with Crippen LogP contribution in [-0.2, 0) is 28.9 Å². The fourth-order valence-corrected chi connectivity index (χ4v) is 3.52. The van der Waals surface area contributed by atoms with Crippen molar-refractivity contribution in [3.05, 3.63) is 52.3 Å². The number of aryl methyl sites for hydroxylation is 2. The zero-order chi connectivity index (χ0) is 23.3. The number of carbonyl (C=O) groups is 2. The molecule has 2 rings (SSSR count). The minimum atomic E-state index is -0.590. The van der Waals surface area contributed by atoms with Crippen LogP contribution < -0.4 is 11.1 Å². The van der Waals surface area contributed by atoms with Gasteiger partial charge in [0.15, 0.2) is 0 Å². The smallest absolute Gasteiger partial charge is 0.407 e. The van der Waals surface area contributed by atoms with Gasteiger partial charge in [0.1, 0.15) is 5.60 Å². The molecule has 0 bridgehead atoms. The summed E-state index contributed by atoms with van der Waals surface area (Å²) in [5.74, 6) is -0.0408. The van der Waals surface area contributed by atoms with Gasteiger partial charge in [0.2, 0.25) is 5.91 Å². The van der Waals surface area contributed by atoms with Gasteiger partial charge in [-0.1, -0.05) is 43.7 Å². The first-order valence-corrected chi connectivity index (χ1v) is 10.7. The van der Waals surface area contributed by atoms with Gasteiger partial charge in [0.05, 0.1) is 6.42 Å². The zero-order valence-corrected chi connectivity index (χ0v) is 19.8. The van der Waals surface area contributed by atoms with Crippen LogP contribution in [0.1, 0.15) is 62.7 Å². The number of amides is 2. The minimum absolute atomic E-state index is 0.0867. The van der Waals surface area contributed by atoms with Gasteiger partial charge in [-0.25, -0.2) is 4.79 Å². The summed E-state index contributed by atoms with van der Waals surface area (Å²) >= 11 is 0. The molecule has 3 N–H and O–H groups in total. The van der Waals surface area contributed by atoms with E-state index >= 15 is 0 Å². The molecule has 0 fully saturated rings. The predicted octanol–water partition coefficient (Wildman–Crippen LogP) is 4.62. The summed E-state index contributed by atoms with van der Waals surface area (Å²) in [6, 6.07) is 8.13. The molecule has 1 aromatic carbocycles. The summed E-state index contributed by atoms with van der Waals surface area (Å²) in [6.07, 6.45) is 0.348. The summed E-state index contributed by atoms with van der Waals surface area (Å²) in [5, 5.41) is 2.87. The van der Waals surface area contributed by atoms with Crippen molar-refractivity contribution in [1.29, 1.82) is 0 Å². The predicted molar refractivity (Wildman–Crippen MR) is 124 cm³/mol. The van der Waals surface area contributed by atoms with Gasteiger partial charge < -0.3 is 15.8 Å². The first-order chi connectivity index (χ1) is 14.4. The molecule has 1 aromatic heterocycles. The minimum Gasteiger partial charge on any atom is -0.444 e. The number of hydrogen-bond acceptors (Lipinski definition) is 4. The third kappa shape index (κ3) is 7.09. The van der Waals surface area contributed by atoms with Crippen LogP contribution in [0.5, 0.6) is 0 Å². The Labute approximate surface area is 185 Å². The van der Waals surface area contributed by atoms with Crippen LogP contribution in [0.15, 0.2) is 24.3 Å². The molecule has 0 saturated heterocycles. The molecule has 0 saturated carbocycles. The highest BCUT2D eigenvalue weighted by Crippen LogP contribution is 2.33. The average Bonchev–Trinajstić information content (AvgIpc) is 2.61. The van der Waals surface area contributed by atoms with Gasteiger partial charge >= 0.3 is 6.09 Å². The van der Waals surface area contributed by atoms with Gasteiger partial charge in [-0.15, -0.1) is 0 Å². The molecular formula is C25H35N3O3. The van der Waals surface area contributed by atoms with Crippen molar-refractivity contribution in [3.63, 3.8) is 0 Å². The fourth-order valence-electron chi connectivity index (χ4n) is 3.52. The highest BCUT2D eigenvalue weighted by Gasteiger charge is 2.22. The number of nitrogens with one attached hydrogen (secondary N) is 1. The second kappa shape index (κ2) is 9.94. The van der Waals surface area contributed by atoms with Crippen molar-refractivity contribution >= 4 is 12.0 Å². The van der Waals surface area contributed by atoms with Crippen LogP contribution in [0.4, 0.5) is 4.79 Å². The van der Waals surface area contributed by atoms with E-state index in [4.69, 9.17) is 15.5 Å². The first kappa shape index (κ1) is 24.4. The van der Waals surface area contributed by atoms with E-state index in [2.05, 4.69) is 19.2 Å². The van der Waals surface area contributed by atoms with Crippen LogP contribution in [0.3, 0.4) is 0 Å². The molecule has 0 spiro atoms. The van der Waals surface area contributed by atoms with Crippen molar-refractivity contribution in [1.82, 2.24) is 10.3 Å². The summed E-state index contributed by atoms with van der Waals surface area (Å²) in [4.78, 5) is 29.0. The van der Waals surface area contributed by atoms with E-state index < -0.39 is 17.6 Å². The monoisotopic (exact) mass is 425 g/mol. The molecule has 0 aliphatic carbocycles. The second-order valence-corrected chi connectivity index (χ2v) is 9.44. The fraction of sp³-hybridized carbons (Fsp3) is 0.480. The Kier molecular flexibility index (Phi) is 7.82. The standard InChI is InChI=1S/C25H35N3O3/c1-15(2)12-21-20(14-27-24(30)31-25(5,6)7)23(18-10-8-16(3)9-11-18)19(13-22(26)29)17(4)28-21/h8-11,15H,12-14H2,1-7H3,(H2,26,29)(H,27,30). The molecule has 1 heterocycles. The van der Waals surface area contributed by atoms with E-state index in [0.29, 0.717) is 5.92 Å². The molecule has 0 aliphatic rings. The number of primary amides is 1. The lowest BCUT2D eigenvalue weighted by molar-refractivity contribution is -0.117. The number of hydrogen-bond donors (Lipinski definition) is 2. The average molecular weight is 426 g/mol. The highest BCUT2D eigenvalue weighted by molar-refractivity contribution is 5.83. The number of benzene rings is 1. The molecular weight excluding hydrogens is 390 g/mol. The van der Waals surface area contributed by atoms with Crippen LogP contribution in [0.2, 0.25) is 0 Å². The van der Waals surface area contributed by atoms with E-state index in [9.17, 15) is 9.59 Å². The van der Waals surface area contributed by atoms with E-state index in [0.717, 1.165) is 45.6 Å². The van der Waals surface area contributed by atoms with Gasteiger partial charge in [-0.05, 0) is 63.6 Å². The van der Waals surface area contributed by atoms with Gasteiger partial charge in [0, 0.05) is 23.5 Å². The van der Waals surface area contributed by atoms with Gasteiger partial charge in [-0.3, -0.25) is 9.78 Å². The molecule has 31 heavy (non-hydrogen) atoms. The maximum atomic E-state index is 12.4. The Hall–Kier alpha value is -2.89. The summed E-state index contributed by atoms with van der Waals surface area (Å²) < 4.78 is 5.42. The molecule has 0 atom stereocenters. The van der Waals surface area contributed by atoms with Crippen LogP contribution in [-0.4, -0.2) is 22.6 Å². The zero-order valence-electron chi connectivity index (χ0n) is 19.8. The van der Waals surface area contributed by atoms with Crippen LogP contribution in [0.25, 0.3) is 11.1 Å². The quantitative estimate of drug-likeness (QED) is 0.677. The number of ether oxygens (including phenoxy) is 1. The molecule has 0 aliphatic heterocycles. The molecule has 2 amide bonds. The Balaban J connectivity index is 2.64. The van der Waals surface area contributed by atoms with Crippen molar-refractivity contribution in [2.75, 3.05) is 0 Å². The van der Waals surface area contributed by atoms with Crippen molar-refractivity contribution < 1.29 is 14.3 Å². The van der Waals surface area contributed by atoms with Gasteiger partial charge in [0.25, 0.3) is 0 Å². The highest BCUT2D eigenvalue weighted by atomic mass is 16.6. The maximum Gasteiger partial charge on any atom is 0.407 e. The second-order valence-electron chi connectivity index (χ2n) is 9.44. The number of carbonyl (C=O) groups excluding carboxylic acids is 2. The molecule has 0 radical (unpaired) electrons. The van der Waals surface area contributed by atoms with E-state index in [1.807, 2.05) is 58.9 Å². The van der Waals surface area contributed by atoms with Crippen molar-refractivity contribution in [3.8, 4) is 11.1 Å². The molecule has 2 aromatic rings. The molecule has 6 nitrogen and oxygen atoms in total. The largest absolute Gasteiger partial charge is 0.444 e. The number of rotatable bonds is 7. The lowest BCUT2D eigenvalue weighted by Crippen LogP contribution is -2.32. The topological polar surface area (TPSA) is 94.3 Å². The number of alkyl carbamates (subject to hydrolysis) is 1. The Bertz CT molecular complexity index is 942. The molecule has 6 heteroatoms. The van der Waals surface area contributed by atoms with Crippen molar-refractivity contribution in [2.45, 2.75) is 73.5 Å². The van der Waals surface area contributed by atoms with E-state index in [1.165, 1.54) is 0 Å². The Morgan fingerprint density at radius 3 is 2.23 bits per heavy atom. The Morgan fingerprint density at radius 1 is 1.10 bits per heavy atom. The third-order valence-electron chi connectivity index (χ3n) is 4.79. The molecule has 0 unspecified atom stereocenters. The normalized spacial score (nSPS) is 11.5. The number of pyridine rings is 1. The van der Waals surface area contributed by atoms with Crippen molar-refractivity contribution in [2.24, 2.45) is 11.7 Å². The van der Waals surface area contributed by atoms with Gasteiger partial charge in [-0.2, -0.15) is 0 Å². The maximum absolute atomic E-state index is 12.4. The Morgan fingerprint density at radius 2 is 1.71 bits per heavy atom. The SMILES string of the molecule is Cc1ccc(-c2c(CC(N)=O)c(C)nc(CC(C)C)c2CNC(=O)OC(C)(C)C)cc1. The van der Waals surface area contributed by atoms with Crippen LogP contribution >= 0.6 is 0 Å². The van der Waals surface area contributed by atoms with Crippen LogP contribution in [0, 0.1) is 19.8 Å². The van der Waals surface area contributed by atoms with E-state index in [-0.39, 0.29) is 13.0 Å². The number of nitrogens with two attached hydrogens (primary N) is 1. The molecule has 168 valence electrons. The summed E-state index contributed by atoms with van der Waals surface area (Å²) in [5.41, 5.74) is 11.4. The summed E-state index contributed by atoms with van der Waals surface area (Å²) in [6.45, 7) is 13.9. The number of aromatic nitrogens is 1.